The van der Waals surface area contributed by atoms with Gasteiger partial charge in [-0.25, -0.2) is 4.39 Å². The Morgan fingerprint density at radius 1 is 1.40 bits per heavy atom. The quantitative estimate of drug-likeness (QED) is 0.740. The number of rotatable bonds is 2. The van der Waals surface area contributed by atoms with E-state index < -0.39 is 5.82 Å². The van der Waals surface area contributed by atoms with Crippen LogP contribution in [0.1, 0.15) is 18.2 Å². The lowest BCUT2D eigenvalue weighted by molar-refractivity contribution is 0.506. The van der Waals surface area contributed by atoms with E-state index in [-0.39, 0.29) is 11.3 Å². The second-order valence-corrected chi connectivity index (χ2v) is 3.61. The molecule has 1 atom stereocenters. The monoisotopic (exact) mass is 227 g/mol. The average molecular weight is 228 g/mol. The highest BCUT2D eigenvalue weighted by molar-refractivity contribution is 6.20. The van der Waals surface area contributed by atoms with Gasteiger partial charge in [0.1, 0.15) is 11.2 Å². The van der Waals surface area contributed by atoms with Crippen LogP contribution in [0.2, 0.25) is 0 Å². The molecule has 78 valence electrons. The van der Waals surface area contributed by atoms with Gasteiger partial charge in [0, 0.05) is 6.20 Å². The van der Waals surface area contributed by atoms with Gasteiger partial charge in [-0.15, -0.1) is 21.8 Å². The molecule has 0 aliphatic rings. The Kier molecular flexibility index (Phi) is 2.64. The minimum absolute atomic E-state index is 0.213. The zero-order valence-electron chi connectivity index (χ0n) is 7.82. The van der Waals surface area contributed by atoms with Crippen LogP contribution in [0.3, 0.4) is 0 Å². The third-order valence-electron chi connectivity index (χ3n) is 1.73. The Balaban J connectivity index is 2.37. The van der Waals surface area contributed by atoms with Crippen LogP contribution in [0.15, 0.2) is 22.9 Å². The predicted octanol–water partition coefficient (Wildman–Crippen LogP) is 2.57. The maximum absolute atomic E-state index is 12.8. The number of nitrogens with zero attached hydrogens (tertiary/aromatic N) is 3. The average Bonchev–Trinajstić information content (AvgIpc) is 2.66. The van der Waals surface area contributed by atoms with E-state index in [2.05, 4.69) is 15.2 Å². The van der Waals surface area contributed by atoms with Crippen LogP contribution in [-0.4, -0.2) is 15.2 Å². The normalized spacial score (nSPS) is 12.7. The van der Waals surface area contributed by atoms with Crippen molar-refractivity contribution in [1.82, 2.24) is 15.2 Å². The summed E-state index contributed by atoms with van der Waals surface area (Å²) in [4.78, 5) is 3.68. The topological polar surface area (TPSA) is 51.8 Å². The number of aromatic nitrogens is 3. The van der Waals surface area contributed by atoms with Gasteiger partial charge in [0.25, 0.3) is 0 Å². The maximum Gasteiger partial charge on any atom is 0.249 e. The highest BCUT2D eigenvalue weighted by atomic mass is 35.5. The summed E-state index contributed by atoms with van der Waals surface area (Å²) in [6, 6.07) is 1.27. The Morgan fingerprint density at radius 2 is 2.20 bits per heavy atom. The highest BCUT2D eigenvalue weighted by Crippen LogP contribution is 2.23. The van der Waals surface area contributed by atoms with E-state index in [9.17, 15) is 4.39 Å². The largest absolute Gasteiger partial charge is 0.419 e. The number of halogens is 2. The summed E-state index contributed by atoms with van der Waals surface area (Å²) in [5, 5.41) is 7.10. The molecule has 0 spiro atoms. The Bertz CT molecular complexity index is 472. The van der Waals surface area contributed by atoms with Crippen molar-refractivity contribution in [2.24, 2.45) is 0 Å². The Labute approximate surface area is 90.1 Å². The van der Waals surface area contributed by atoms with Gasteiger partial charge >= 0.3 is 0 Å². The van der Waals surface area contributed by atoms with Gasteiger partial charge in [-0.2, -0.15) is 0 Å². The molecule has 0 radical (unpaired) electrons. The molecule has 0 N–H and O–H groups in total. The van der Waals surface area contributed by atoms with Gasteiger partial charge in [0.05, 0.1) is 11.8 Å². The van der Waals surface area contributed by atoms with E-state index in [4.69, 9.17) is 16.0 Å². The van der Waals surface area contributed by atoms with Crippen LogP contribution in [0.4, 0.5) is 4.39 Å². The van der Waals surface area contributed by atoms with Crippen molar-refractivity contribution >= 4 is 11.6 Å². The first kappa shape index (κ1) is 10.0. The van der Waals surface area contributed by atoms with Crippen molar-refractivity contribution < 1.29 is 8.81 Å². The summed E-state index contributed by atoms with van der Waals surface area (Å²) in [6.07, 6.45) is 2.55. The summed E-state index contributed by atoms with van der Waals surface area (Å²) in [7, 11) is 0. The van der Waals surface area contributed by atoms with Gasteiger partial charge in [-0.1, -0.05) is 0 Å². The zero-order chi connectivity index (χ0) is 10.8. The summed E-state index contributed by atoms with van der Waals surface area (Å²) < 4.78 is 18.1. The second-order valence-electron chi connectivity index (χ2n) is 2.95. The smallest absolute Gasteiger partial charge is 0.249 e. The molecule has 0 amide bonds. The fraction of sp³-hybridized carbons (Fsp3) is 0.222. The van der Waals surface area contributed by atoms with Gasteiger partial charge in [-0.05, 0) is 13.0 Å². The Hall–Kier alpha value is -1.49. The van der Waals surface area contributed by atoms with E-state index in [1.54, 1.807) is 6.92 Å². The molecule has 2 rings (SSSR count). The van der Waals surface area contributed by atoms with Gasteiger partial charge in [-0.3, -0.25) is 4.98 Å². The van der Waals surface area contributed by atoms with Crippen LogP contribution in [0, 0.1) is 5.82 Å². The number of hydrogen-bond donors (Lipinski definition) is 0. The lowest BCUT2D eigenvalue weighted by Crippen LogP contribution is -1.82. The summed E-state index contributed by atoms with van der Waals surface area (Å²) in [6.45, 7) is 1.71. The predicted molar refractivity (Wildman–Crippen MR) is 51.8 cm³/mol. The first-order valence-corrected chi connectivity index (χ1v) is 4.69. The molecule has 15 heavy (non-hydrogen) atoms. The van der Waals surface area contributed by atoms with Crippen molar-refractivity contribution in [1.29, 1.82) is 0 Å². The minimum atomic E-state index is -0.453. The summed E-state index contributed by atoms with van der Waals surface area (Å²) >= 11 is 5.75. The third-order valence-corrected chi connectivity index (χ3v) is 1.92. The highest BCUT2D eigenvalue weighted by Gasteiger charge is 2.12. The molecule has 0 aromatic carbocycles. The molecule has 4 nitrogen and oxygen atoms in total. The summed E-state index contributed by atoms with van der Waals surface area (Å²) in [5.74, 6) is 0.0617. The van der Waals surface area contributed by atoms with Crippen LogP contribution < -0.4 is 0 Å². The first-order valence-electron chi connectivity index (χ1n) is 4.25. The van der Waals surface area contributed by atoms with Crippen LogP contribution in [-0.2, 0) is 0 Å². The van der Waals surface area contributed by atoms with E-state index in [1.165, 1.54) is 12.3 Å². The minimum Gasteiger partial charge on any atom is -0.419 e. The van der Waals surface area contributed by atoms with Crippen molar-refractivity contribution in [3.05, 3.63) is 30.2 Å². The third kappa shape index (κ3) is 2.12. The van der Waals surface area contributed by atoms with E-state index in [0.29, 0.717) is 11.5 Å². The standard InChI is InChI=1S/C9H7ClFN3O/c1-5(10)8-13-14-9(15-8)6-2-7(11)4-12-3-6/h2-5H,1H3. The van der Waals surface area contributed by atoms with Crippen molar-refractivity contribution in [2.75, 3.05) is 0 Å². The summed E-state index contributed by atoms with van der Waals surface area (Å²) in [5.41, 5.74) is 0.436. The molecule has 2 aromatic heterocycles. The molecule has 0 fully saturated rings. The van der Waals surface area contributed by atoms with Crippen molar-refractivity contribution in [2.45, 2.75) is 12.3 Å². The molecule has 0 saturated heterocycles. The van der Waals surface area contributed by atoms with Gasteiger partial charge < -0.3 is 4.42 Å². The molecule has 0 bridgehead atoms. The molecular formula is C9H7ClFN3O. The first-order chi connectivity index (χ1) is 7.16. The second kappa shape index (κ2) is 3.94. The van der Waals surface area contributed by atoms with Gasteiger partial charge in [0.2, 0.25) is 11.8 Å². The molecular weight excluding hydrogens is 221 g/mol. The SMILES string of the molecule is CC(Cl)c1nnc(-c2cncc(F)c2)o1. The molecule has 1 unspecified atom stereocenters. The molecule has 6 heteroatoms. The molecule has 0 saturated carbocycles. The lowest BCUT2D eigenvalue weighted by Gasteiger charge is -1.94. The number of pyridine rings is 1. The van der Waals surface area contributed by atoms with Crippen LogP contribution >= 0.6 is 11.6 Å². The molecule has 0 aliphatic heterocycles. The fourth-order valence-electron chi connectivity index (χ4n) is 1.04. The van der Waals surface area contributed by atoms with Crippen LogP contribution in [0.5, 0.6) is 0 Å². The number of alkyl halides is 1. The van der Waals surface area contributed by atoms with E-state index in [0.717, 1.165) is 6.20 Å². The van der Waals surface area contributed by atoms with E-state index >= 15 is 0 Å². The van der Waals surface area contributed by atoms with Crippen molar-refractivity contribution in [3.8, 4) is 11.5 Å². The zero-order valence-corrected chi connectivity index (χ0v) is 8.57. The molecule has 2 heterocycles. The fourth-order valence-corrected chi connectivity index (χ4v) is 1.13. The lowest BCUT2D eigenvalue weighted by atomic mass is 10.3. The number of hydrogen-bond acceptors (Lipinski definition) is 4. The van der Waals surface area contributed by atoms with Crippen molar-refractivity contribution in [3.63, 3.8) is 0 Å². The Morgan fingerprint density at radius 3 is 2.80 bits per heavy atom. The van der Waals surface area contributed by atoms with Gasteiger partial charge in [0.15, 0.2) is 0 Å². The van der Waals surface area contributed by atoms with Crippen LogP contribution in [0.25, 0.3) is 11.5 Å². The van der Waals surface area contributed by atoms with E-state index in [1.807, 2.05) is 0 Å². The molecule has 2 aromatic rings. The molecule has 0 aliphatic carbocycles. The maximum atomic E-state index is 12.8.